The van der Waals surface area contributed by atoms with E-state index in [4.69, 9.17) is 5.11 Å². The molecular weight excluding hydrogens is 276 g/mol. The molecule has 0 saturated carbocycles. The number of carboxylic acids is 1. The molecule has 1 aromatic rings. The molecule has 7 heteroatoms. The Hall–Kier alpha value is -2.44. The molecule has 7 nitrogen and oxygen atoms in total. The number of aliphatic carboxylic acids is 1. The number of aryl methyl sites for hydroxylation is 1. The summed E-state index contributed by atoms with van der Waals surface area (Å²) in [6.45, 7) is 2.34. The van der Waals surface area contributed by atoms with Crippen molar-refractivity contribution in [3.05, 3.63) is 39.4 Å². The Kier molecular flexibility index (Phi) is 4.21. The second-order valence-electron chi connectivity index (χ2n) is 5.18. The van der Waals surface area contributed by atoms with Gasteiger partial charge in [-0.25, -0.2) is 0 Å². The predicted octanol–water partition coefficient (Wildman–Crippen LogP) is 1.84. The Balaban J connectivity index is 2.20. The van der Waals surface area contributed by atoms with E-state index in [9.17, 15) is 19.7 Å². The highest BCUT2D eigenvalue weighted by atomic mass is 16.6. The number of carbonyl (C=O) groups is 2. The molecule has 0 aliphatic carbocycles. The van der Waals surface area contributed by atoms with E-state index in [1.165, 1.54) is 23.1 Å². The van der Waals surface area contributed by atoms with Gasteiger partial charge in [0.2, 0.25) is 0 Å². The number of carbonyl (C=O) groups excluding carboxylic acids is 1. The Morgan fingerprint density at radius 1 is 1.43 bits per heavy atom. The van der Waals surface area contributed by atoms with Crippen LogP contribution in [0.3, 0.4) is 0 Å². The minimum absolute atomic E-state index is 0.0638. The van der Waals surface area contributed by atoms with Crippen LogP contribution in [-0.2, 0) is 4.79 Å². The number of nitro benzene ring substituents is 1. The Bertz CT molecular complexity index is 599. The molecule has 1 fully saturated rings. The average molecular weight is 292 g/mol. The van der Waals surface area contributed by atoms with Crippen LogP contribution in [0.15, 0.2) is 18.2 Å². The van der Waals surface area contributed by atoms with Crippen molar-refractivity contribution in [2.24, 2.45) is 5.92 Å². The fraction of sp³-hybridized carbons (Fsp3) is 0.429. The van der Waals surface area contributed by atoms with E-state index in [-0.39, 0.29) is 18.1 Å². The molecule has 0 spiro atoms. The van der Waals surface area contributed by atoms with Gasteiger partial charge in [0.15, 0.2) is 0 Å². The smallest absolute Gasteiger partial charge is 0.308 e. The molecule has 1 aliphatic rings. The minimum atomic E-state index is -0.895. The third-order valence-corrected chi connectivity index (χ3v) is 3.71. The molecule has 0 bridgehead atoms. The first-order valence-electron chi connectivity index (χ1n) is 6.67. The maximum atomic E-state index is 12.4. The number of benzene rings is 1. The van der Waals surface area contributed by atoms with E-state index in [1.807, 2.05) is 0 Å². The zero-order valence-corrected chi connectivity index (χ0v) is 11.6. The molecular formula is C14H16N2O5. The lowest BCUT2D eigenvalue weighted by molar-refractivity contribution is -0.384. The van der Waals surface area contributed by atoms with E-state index in [0.29, 0.717) is 30.5 Å². The topological polar surface area (TPSA) is 101 Å². The summed E-state index contributed by atoms with van der Waals surface area (Å²) < 4.78 is 0. The summed E-state index contributed by atoms with van der Waals surface area (Å²) in [5.41, 5.74) is 0.837. The maximum Gasteiger partial charge on any atom is 0.308 e. The highest BCUT2D eigenvalue weighted by Gasteiger charge is 2.29. The summed E-state index contributed by atoms with van der Waals surface area (Å²) in [6, 6.07) is 4.07. The van der Waals surface area contributed by atoms with Crippen LogP contribution >= 0.6 is 0 Å². The number of hydrogen-bond donors (Lipinski definition) is 1. The first-order valence-corrected chi connectivity index (χ1v) is 6.67. The Morgan fingerprint density at radius 3 is 2.71 bits per heavy atom. The van der Waals surface area contributed by atoms with Gasteiger partial charge in [0, 0.05) is 30.8 Å². The molecule has 1 saturated heterocycles. The summed E-state index contributed by atoms with van der Waals surface area (Å²) in [5.74, 6) is -1.71. The van der Waals surface area contributed by atoms with Gasteiger partial charge >= 0.3 is 5.97 Å². The molecule has 1 N–H and O–H groups in total. The molecule has 1 amide bonds. The summed E-state index contributed by atoms with van der Waals surface area (Å²) in [4.78, 5) is 35.2. The third kappa shape index (κ3) is 3.18. The molecule has 112 valence electrons. The van der Waals surface area contributed by atoms with Gasteiger partial charge in [0.05, 0.1) is 10.8 Å². The van der Waals surface area contributed by atoms with Crippen LogP contribution in [0.5, 0.6) is 0 Å². The fourth-order valence-electron chi connectivity index (χ4n) is 2.53. The second kappa shape index (κ2) is 5.90. The van der Waals surface area contributed by atoms with Crippen LogP contribution < -0.4 is 0 Å². The lowest BCUT2D eigenvalue weighted by atomic mass is 9.97. The first-order chi connectivity index (χ1) is 9.90. The summed E-state index contributed by atoms with van der Waals surface area (Å²) in [7, 11) is 0. The molecule has 2 rings (SSSR count). The van der Waals surface area contributed by atoms with E-state index in [0.717, 1.165) is 0 Å². The lowest BCUT2D eigenvalue weighted by Crippen LogP contribution is -2.42. The largest absolute Gasteiger partial charge is 0.481 e. The van der Waals surface area contributed by atoms with Crippen LogP contribution in [0.25, 0.3) is 0 Å². The third-order valence-electron chi connectivity index (χ3n) is 3.71. The van der Waals surface area contributed by atoms with Gasteiger partial charge in [0.25, 0.3) is 11.6 Å². The number of likely N-dealkylation sites (tertiary alicyclic amines) is 1. The molecule has 0 aromatic heterocycles. The predicted molar refractivity (Wildman–Crippen MR) is 74.1 cm³/mol. The normalized spacial score (nSPS) is 18.3. The summed E-state index contributed by atoms with van der Waals surface area (Å²) >= 11 is 0. The fourth-order valence-corrected chi connectivity index (χ4v) is 2.53. The molecule has 1 heterocycles. The first kappa shape index (κ1) is 15.0. The number of amides is 1. The monoisotopic (exact) mass is 292 g/mol. The highest BCUT2D eigenvalue weighted by Crippen LogP contribution is 2.22. The zero-order chi connectivity index (χ0) is 15.6. The summed E-state index contributed by atoms with van der Waals surface area (Å²) in [5, 5.41) is 19.7. The van der Waals surface area contributed by atoms with Crippen molar-refractivity contribution < 1.29 is 19.6 Å². The van der Waals surface area contributed by atoms with Crippen molar-refractivity contribution in [1.29, 1.82) is 0 Å². The van der Waals surface area contributed by atoms with Crippen molar-refractivity contribution in [2.75, 3.05) is 13.1 Å². The van der Waals surface area contributed by atoms with Gasteiger partial charge in [-0.15, -0.1) is 0 Å². The van der Waals surface area contributed by atoms with E-state index in [1.54, 1.807) is 6.92 Å². The molecule has 1 aromatic carbocycles. The van der Waals surface area contributed by atoms with E-state index in [2.05, 4.69) is 0 Å². The van der Waals surface area contributed by atoms with Crippen LogP contribution in [0, 0.1) is 23.0 Å². The van der Waals surface area contributed by atoms with E-state index < -0.39 is 16.8 Å². The van der Waals surface area contributed by atoms with Crippen molar-refractivity contribution in [3.63, 3.8) is 0 Å². The van der Waals surface area contributed by atoms with Crippen LogP contribution in [0.1, 0.15) is 28.8 Å². The molecule has 1 unspecified atom stereocenters. The van der Waals surface area contributed by atoms with Gasteiger partial charge in [-0.3, -0.25) is 19.7 Å². The number of carboxylic acid groups (broad SMARTS) is 1. The van der Waals surface area contributed by atoms with Crippen molar-refractivity contribution in [3.8, 4) is 0 Å². The van der Waals surface area contributed by atoms with Crippen molar-refractivity contribution in [2.45, 2.75) is 19.8 Å². The Morgan fingerprint density at radius 2 is 2.14 bits per heavy atom. The lowest BCUT2D eigenvalue weighted by Gasteiger charge is -2.31. The second-order valence-corrected chi connectivity index (χ2v) is 5.18. The standard InChI is InChI=1S/C14H16N2O5/c1-9-7-11(16(20)21)4-5-12(9)13(17)15-6-2-3-10(8-15)14(18)19/h4-5,7,10H,2-3,6,8H2,1H3,(H,18,19). The quantitative estimate of drug-likeness (QED) is 0.676. The zero-order valence-electron chi connectivity index (χ0n) is 11.6. The minimum Gasteiger partial charge on any atom is -0.481 e. The molecule has 0 radical (unpaired) electrons. The van der Waals surface area contributed by atoms with Gasteiger partial charge < -0.3 is 10.0 Å². The van der Waals surface area contributed by atoms with Gasteiger partial charge in [-0.1, -0.05) is 0 Å². The number of non-ortho nitro benzene ring substituents is 1. The number of nitro groups is 1. The SMILES string of the molecule is Cc1cc([N+](=O)[O-])ccc1C(=O)N1CCCC(C(=O)O)C1. The summed E-state index contributed by atoms with van der Waals surface area (Å²) in [6.07, 6.45) is 1.22. The molecule has 21 heavy (non-hydrogen) atoms. The highest BCUT2D eigenvalue weighted by molar-refractivity contribution is 5.96. The number of nitrogens with zero attached hydrogens (tertiary/aromatic N) is 2. The Labute approximate surface area is 121 Å². The number of rotatable bonds is 3. The van der Waals surface area contributed by atoms with Gasteiger partial charge in [0.1, 0.15) is 0 Å². The van der Waals surface area contributed by atoms with Crippen LogP contribution in [0.2, 0.25) is 0 Å². The molecule has 1 aliphatic heterocycles. The van der Waals surface area contributed by atoms with Crippen molar-refractivity contribution >= 4 is 17.6 Å². The van der Waals surface area contributed by atoms with Crippen LogP contribution in [-0.4, -0.2) is 39.9 Å². The van der Waals surface area contributed by atoms with Gasteiger partial charge in [-0.2, -0.15) is 0 Å². The van der Waals surface area contributed by atoms with Crippen molar-refractivity contribution in [1.82, 2.24) is 4.90 Å². The average Bonchev–Trinajstić information content (AvgIpc) is 2.46. The number of piperidine rings is 1. The van der Waals surface area contributed by atoms with Crippen LogP contribution in [0.4, 0.5) is 5.69 Å². The molecule has 1 atom stereocenters. The maximum absolute atomic E-state index is 12.4. The van der Waals surface area contributed by atoms with Gasteiger partial charge in [-0.05, 0) is 31.4 Å². The number of hydrogen-bond acceptors (Lipinski definition) is 4. The van der Waals surface area contributed by atoms with E-state index >= 15 is 0 Å².